The summed E-state index contributed by atoms with van der Waals surface area (Å²) in [5, 5.41) is 0. The number of aryl methyl sites for hydroxylation is 2. The first-order chi connectivity index (χ1) is 6.74. The fourth-order valence-electron chi connectivity index (χ4n) is 1.08. The van der Waals surface area contributed by atoms with Gasteiger partial charge in [-0.3, -0.25) is 0 Å². The van der Waals surface area contributed by atoms with Crippen LogP contribution in [0.3, 0.4) is 0 Å². The monoisotopic (exact) mass is 230 g/mol. The van der Waals surface area contributed by atoms with Gasteiger partial charge in [0.05, 0.1) is 11.2 Å². The fraction of sp³-hybridized carbons (Fsp3) is 0.700. The Balaban J connectivity index is 2.13. The van der Waals surface area contributed by atoms with Crippen LogP contribution in [-0.2, 0) is 6.42 Å². The molecule has 1 unspecified atom stereocenters. The predicted octanol–water partition coefficient (Wildman–Crippen LogP) is 2.32. The third kappa shape index (κ3) is 3.98. The Kier molecular flexibility index (Phi) is 5.52. The molecule has 0 aliphatic heterocycles. The van der Waals surface area contributed by atoms with Crippen LogP contribution in [0.15, 0.2) is 5.51 Å². The van der Waals surface area contributed by atoms with Crippen LogP contribution in [0.5, 0.6) is 0 Å². The lowest BCUT2D eigenvalue weighted by molar-refractivity contribution is 0.675. The fourth-order valence-corrected chi connectivity index (χ4v) is 3.05. The number of thioether (sulfide) groups is 1. The molecule has 1 atom stereocenters. The number of nitrogens with zero attached hydrogens (tertiary/aromatic N) is 1. The van der Waals surface area contributed by atoms with Crippen LogP contribution in [0.2, 0.25) is 0 Å². The van der Waals surface area contributed by atoms with Crippen molar-refractivity contribution in [1.29, 1.82) is 0 Å². The summed E-state index contributed by atoms with van der Waals surface area (Å²) >= 11 is 3.76. The predicted molar refractivity (Wildman–Crippen MR) is 66.1 cm³/mol. The van der Waals surface area contributed by atoms with Crippen LogP contribution in [-0.4, -0.2) is 23.0 Å². The van der Waals surface area contributed by atoms with Gasteiger partial charge in [-0.2, -0.15) is 11.8 Å². The molecule has 1 rings (SSSR count). The van der Waals surface area contributed by atoms with Gasteiger partial charge < -0.3 is 5.73 Å². The van der Waals surface area contributed by atoms with E-state index in [4.69, 9.17) is 5.73 Å². The minimum atomic E-state index is 0.641. The lowest BCUT2D eigenvalue weighted by atomic mass is 10.2. The number of hydrogen-bond donors (Lipinski definition) is 1. The number of hydrogen-bond acceptors (Lipinski definition) is 4. The molecule has 1 heterocycles. The van der Waals surface area contributed by atoms with Gasteiger partial charge in [0.15, 0.2) is 0 Å². The summed E-state index contributed by atoms with van der Waals surface area (Å²) < 4.78 is 0. The molecule has 0 saturated carbocycles. The molecular formula is C10H18N2S2. The molecule has 80 valence electrons. The zero-order valence-corrected chi connectivity index (χ0v) is 10.5. The summed E-state index contributed by atoms with van der Waals surface area (Å²) in [4.78, 5) is 5.66. The quantitative estimate of drug-likeness (QED) is 0.762. The lowest BCUT2D eigenvalue weighted by Crippen LogP contribution is -2.13. The van der Waals surface area contributed by atoms with Gasteiger partial charge in [-0.05, 0) is 37.3 Å². The first kappa shape index (κ1) is 12.0. The van der Waals surface area contributed by atoms with Crippen molar-refractivity contribution in [3.63, 3.8) is 0 Å². The van der Waals surface area contributed by atoms with Gasteiger partial charge >= 0.3 is 0 Å². The normalized spacial score (nSPS) is 13.1. The minimum absolute atomic E-state index is 0.641. The van der Waals surface area contributed by atoms with E-state index in [0.717, 1.165) is 13.0 Å². The summed E-state index contributed by atoms with van der Waals surface area (Å²) in [5.41, 5.74) is 8.68. The van der Waals surface area contributed by atoms with E-state index in [9.17, 15) is 0 Å². The van der Waals surface area contributed by atoms with E-state index in [0.29, 0.717) is 5.92 Å². The smallest absolute Gasteiger partial charge is 0.0797 e. The van der Waals surface area contributed by atoms with Crippen molar-refractivity contribution in [2.24, 2.45) is 11.7 Å². The number of thiazole rings is 1. The molecule has 4 heteroatoms. The highest BCUT2D eigenvalue weighted by molar-refractivity contribution is 7.99. The van der Waals surface area contributed by atoms with Crippen LogP contribution in [0, 0.1) is 12.8 Å². The summed E-state index contributed by atoms with van der Waals surface area (Å²) in [6.45, 7) is 5.08. The summed E-state index contributed by atoms with van der Waals surface area (Å²) in [6.07, 6.45) is 1.15. The SMILES string of the molecule is Cc1ncsc1CCSCC(C)CN. The van der Waals surface area contributed by atoms with E-state index in [2.05, 4.69) is 18.8 Å². The van der Waals surface area contributed by atoms with Crippen molar-refractivity contribution >= 4 is 23.1 Å². The Bertz CT molecular complexity index is 260. The molecule has 0 aromatic carbocycles. The Hall–Kier alpha value is -0.0600. The average Bonchev–Trinajstić information content (AvgIpc) is 2.58. The highest BCUT2D eigenvalue weighted by Gasteiger charge is 2.02. The molecule has 0 radical (unpaired) electrons. The van der Waals surface area contributed by atoms with Gasteiger partial charge in [-0.15, -0.1) is 11.3 Å². The molecule has 0 saturated heterocycles. The summed E-state index contributed by atoms with van der Waals surface area (Å²) in [7, 11) is 0. The van der Waals surface area contributed by atoms with E-state index in [1.165, 1.54) is 22.1 Å². The molecule has 1 aromatic heterocycles. The molecule has 0 fully saturated rings. The second-order valence-electron chi connectivity index (χ2n) is 3.53. The van der Waals surface area contributed by atoms with Crippen molar-refractivity contribution in [2.75, 3.05) is 18.1 Å². The van der Waals surface area contributed by atoms with Gasteiger partial charge in [-0.25, -0.2) is 4.98 Å². The number of aromatic nitrogens is 1. The second-order valence-corrected chi connectivity index (χ2v) is 5.62. The van der Waals surface area contributed by atoms with Gasteiger partial charge in [0, 0.05) is 4.88 Å². The Morgan fingerprint density at radius 2 is 2.43 bits per heavy atom. The Morgan fingerprint density at radius 1 is 1.64 bits per heavy atom. The maximum atomic E-state index is 5.55. The van der Waals surface area contributed by atoms with Crippen molar-refractivity contribution in [3.05, 3.63) is 16.1 Å². The molecular weight excluding hydrogens is 212 g/mol. The number of nitrogens with two attached hydrogens (primary N) is 1. The molecule has 2 N–H and O–H groups in total. The molecule has 1 aromatic rings. The van der Waals surface area contributed by atoms with Crippen LogP contribution in [0.4, 0.5) is 0 Å². The molecule has 0 amide bonds. The molecule has 14 heavy (non-hydrogen) atoms. The van der Waals surface area contributed by atoms with Gasteiger partial charge in [0.1, 0.15) is 0 Å². The van der Waals surface area contributed by atoms with E-state index in [-0.39, 0.29) is 0 Å². The highest BCUT2D eigenvalue weighted by atomic mass is 32.2. The zero-order chi connectivity index (χ0) is 10.4. The Labute approximate surface area is 94.3 Å². The lowest BCUT2D eigenvalue weighted by Gasteiger charge is -2.06. The van der Waals surface area contributed by atoms with Crippen molar-refractivity contribution in [1.82, 2.24) is 4.98 Å². The maximum Gasteiger partial charge on any atom is 0.0797 e. The molecule has 0 spiro atoms. The van der Waals surface area contributed by atoms with Crippen LogP contribution < -0.4 is 5.73 Å². The first-order valence-electron chi connectivity index (χ1n) is 4.90. The molecule has 0 aliphatic carbocycles. The van der Waals surface area contributed by atoms with Crippen LogP contribution >= 0.6 is 23.1 Å². The maximum absolute atomic E-state index is 5.55. The van der Waals surface area contributed by atoms with Crippen molar-refractivity contribution in [2.45, 2.75) is 20.3 Å². The summed E-state index contributed by atoms with van der Waals surface area (Å²) in [6, 6.07) is 0. The zero-order valence-electron chi connectivity index (χ0n) is 8.82. The standard InChI is InChI=1S/C10H18N2S2/c1-8(5-11)6-13-4-3-10-9(2)12-7-14-10/h7-8H,3-6,11H2,1-2H3. The van der Waals surface area contributed by atoms with E-state index < -0.39 is 0 Å². The molecule has 2 nitrogen and oxygen atoms in total. The summed E-state index contributed by atoms with van der Waals surface area (Å²) in [5.74, 6) is 3.00. The largest absolute Gasteiger partial charge is 0.330 e. The third-order valence-corrected chi connectivity index (χ3v) is 4.42. The Morgan fingerprint density at radius 3 is 3.00 bits per heavy atom. The molecule has 0 bridgehead atoms. The second kappa shape index (κ2) is 6.43. The molecule has 0 aliphatic rings. The van der Waals surface area contributed by atoms with Crippen LogP contribution in [0.1, 0.15) is 17.5 Å². The van der Waals surface area contributed by atoms with E-state index in [1.54, 1.807) is 11.3 Å². The topological polar surface area (TPSA) is 38.9 Å². The van der Waals surface area contributed by atoms with Crippen molar-refractivity contribution in [3.8, 4) is 0 Å². The average molecular weight is 230 g/mol. The number of rotatable bonds is 6. The van der Waals surface area contributed by atoms with Crippen LogP contribution in [0.25, 0.3) is 0 Å². The highest BCUT2D eigenvalue weighted by Crippen LogP contribution is 2.16. The van der Waals surface area contributed by atoms with E-state index >= 15 is 0 Å². The first-order valence-corrected chi connectivity index (χ1v) is 6.94. The van der Waals surface area contributed by atoms with Gasteiger partial charge in [0.2, 0.25) is 0 Å². The minimum Gasteiger partial charge on any atom is -0.330 e. The van der Waals surface area contributed by atoms with Crippen molar-refractivity contribution < 1.29 is 0 Å². The van der Waals surface area contributed by atoms with E-state index in [1.807, 2.05) is 17.3 Å². The van der Waals surface area contributed by atoms with Gasteiger partial charge in [0.25, 0.3) is 0 Å². The third-order valence-electron chi connectivity index (χ3n) is 2.12. The van der Waals surface area contributed by atoms with Gasteiger partial charge in [-0.1, -0.05) is 6.92 Å².